The highest BCUT2D eigenvalue weighted by molar-refractivity contribution is 7.89. The Labute approximate surface area is 157 Å². The van der Waals surface area contributed by atoms with Crippen molar-refractivity contribution < 1.29 is 17.7 Å². The van der Waals surface area contributed by atoms with Crippen molar-refractivity contribution in [1.29, 1.82) is 0 Å². The van der Waals surface area contributed by atoms with Crippen molar-refractivity contribution in [1.82, 2.24) is 14.8 Å². The summed E-state index contributed by atoms with van der Waals surface area (Å²) >= 11 is 6.10. The zero-order valence-corrected chi connectivity index (χ0v) is 16.1. The second kappa shape index (κ2) is 7.38. The van der Waals surface area contributed by atoms with Gasteiger partial charge in [-0.3, -0.25) is 4.79 Å². The van der Waals surface area contributed by atoms with Crippen molar-refractivity contribution >= 4 is 27.5 Å². The molecule has 0 bridgehead atoms. The minimum absolute atomic E-state index is 0.0447. The Morgan fingerprint density at radius 2 is 2.12 bits per heavy atom. The fourth-order valence-electron chi connectivity index (χ4n) is 3.19. The summed E-state index contributed by atoms with van der Waals surface area (Å²) in [5.41, 5.74) is 1.07. The first-order chi connectivity index (χ1) is 12.3. The molecule has 0 spiro atoms. The second-order valence-electron chi connectivity index (χ2n) is 6.24. The minimum Gasteiger partial charge on any atom is -0.360 e. The number of aryl methyl sites for hydroxylation is 2. The van der Waals surface area contributed by atoms with E-state index in [-0.39, 0.29) is 29.7 Å². The summed E-state index contributed by atoms with van der Waals surface area (Å²) in [6.07, 6.45) is 1.09. The van der Waals surface area contributed by atoms with E-state index in [0.29, 0.717) is 23.6 Å². The van der Waals surface area contributed by atoms with Gasteiger partial charge in [-0.05, 0) is 38.3 Å². The Balaban J connectivity index is 1.77. The number of carbonyl (C=O) groups is 1. The molecule has 3 rings (SSSR count). The number of carbonyl (C=O) groups excluding carboxylic acids is 1. The van der Waals surface area contributed by atoms with E-state index in [0.717, 1.165) is 5.56 Å². The van der Waals surface area contributed by atoms with Crippen LogP contribution >= 0.6 is 11.6 Å². The predicted molar refractivity (Wildman–Crippen MR) is 96.2 cm³/mol. The fraction of sp³-hybridized carbons (Fsp3) is 0.412. The molecule has 1 unspecified atom stereocenters. The highest BCUT2D eigenvalue weighted by Crippen LogP contribution is 2.29. The Hall–Kier alpha value is -1.90. The van der Waals surface area contributed by atoms with E-state index in [9.17, 15) is 13.2 Å². The number of nitrogens with one attached hydrogen (secondary N) is 1. The summed E-state index contributed by atoms with van der Waals surface area (Å²) in [4.78, 5) is 12.7. The molecule has 2 heterocycles. The topological polar surface area (TPSA) is 92.5 Å². The van der Waals surface area contributed by atoms with Gasteiger partial charge < -0.3 is 9.84 Å². The monoisotopic (exact) mass is 397 g/mol. The lowest BCUT2D eigenvalue weighted by molar-refractivity contribution is -0.124. The van der Waals surface area contributed by atoms with Crippen LogP contribution in [0.1, 0.15) is 29.9 Å². The highest BCUT2D eigenvalue weighted by Gasteiger charge is 2.41. The van der Waals surface area contributed by atoms with Gasteiger partial charge in [-0.25, -0.2) is 8.42 Å². The van der Waals surface area contributed by atoms with Gasteiger partial charge in [0.05, 0.1) is 0 Å². The normalized spacial score (nSPS) is 18.2. The van der Waals surface area contributed by atoms with Crippen molar-refractivity contribution in [2.75, 3.05) is 6.54 Å². The van der Waals surface area contributed by atoms with Gasteiger partial charge in [0.25, 0.3) is 0 Å². The molecule has 2 aromatic rings. The third-order valence-electron chi connectivity index (χ3n) is 4.45. The second-order valence-corrected chi connectivity index (χ2v) is 8.47. The molecule has 1 amide bonds. The fourth-order valence-corrected chi connectivity index (χ4v) is 5.35. The average Bonchev–Trinajstić information content (AvgIpc) is 3.21. The molecule has 1 aromatic heterocycles. The first-order valence-electron chi connectivity index (χ1n) is 8.28. The molecule has 1 aliphatic heterocycles. The maximum atomic E-state index is 13.0. The smallest absolute Gasteiger partial charge is 0.249 e. The number of benzene rings is 1. The van der Waals surface area contributed by atoms with Crippen LogP contribution in [0.5, 0.6) is 0 Å². The molecule has 1 saturated heterocycles. The van der Waals surface area contributed by atoms with Crippen molar-refractivity contribution in [2.24, 2.45) is 0 Å². The first-order valence-corrected chi connectivity index (χ1v) is 10.1. The van der Waals surface area contributed by atoms with Crippen LogP contribution in [0.2, 0.25) is 5.02 Å². The number of halogens is 1. The standard InChI is InChI=1S/C17H20ClN3O4S/c1-11-16(12(2)25-20-11)26(23,24)21-9-5-8-15(21)17(22)19-10-13-6-3-4-7-14(13)18/h3-4,6-7,15H,5,8-10H2,1-2H3,(H,19,22). The molecular weight excluding hydrogens is 378 g/mol. The zero-order valence-electron chi connectivity index (χ0n) is 14.5. The molecule has 1 aliphatic rings. The number of hydrogen-bond donors (Lipinski definition) is 1. The maximum absolute atomic E-state index is 13.0. The molecule has 1 fully saturated rings. The molecular formula is C17H20ClN3O4S. The number of aromatic nitrogens is 1. The summed E-state index contributed by atoms with van der Waals surface area (Å²) in [5, 5.41) is 7.06. The Morgan fingerprint density at radius 1 is 1.38 bits per heavy atom. The molecule has 26 heavy (non-hydrogen) atoms. The van der Waals surface area contributed by atoms with Crippen LogP contribution in [0.3, 0.4) is 0 Å². The van der Waals surface area contributed by atoms with Crippen LogP contribution in [0.25, 0.3) is 0 Å². The van der Waals surface area contributed by atoms with Gasteiger partial charge in [0, 0.05) is 18.1 Å². The summed E-state index contributed by atoms with van der Waals surface area (Å²) in [7, 11) is -3.85. The molecule has 140 valence electrons. The molecule has 1 N–H and O–H groups in total. The number of hydrogen-bond acceptors (Lipinski definition) is 5. The molecule has 0 aliphatic carbocycles. The van der Waals surface area contributed by atoms with Crippen LogP contribution in [0, 0.1) is 13.8 Å². The van der Waals surface area contributed by atoms with Gasteiger partial charge in [-0.15, -0.1) is 0 Å². The SMILES string of the molecule is Cc1noc(C)c1S(=O)(=O)N1CCCC1C(=O)NCc1ccccc1Cl. The van der Waals surface area contributed by atoms with Crippen LogP contribution in [-0.2, 0) is 21.4 Å². The van der Waals surface area contributed by atoms with Crippen LogP contribution in [0.15, 0.2) is 33.7 Å². The predicted octanol–water partition coefficient (Wildman–Crippen LogP) is 2.41. The third kappa shape index (κ3) is 3.49. The van der Waals surface area contributed by atoms with Gasteiger partial charge in [0.1, 0.15) is 16.6 Å². The summed E-state index contributed by atoms with van der Waals surface area (Å²) < 4.78 is 32.2. The van der Waals surface area contributed by atoms with E-state index in [1.165, 1.54) is 4.31 Å². The molecule has 0 saturated carbocycles. The van der Waals surface area contributed by atoms with Gasteiger partial charge >= 0.3 is 0 Å². The van der Waals surface area contributed by atoms with E-state index in [2.05, 4.69) is 10.5 Å². The minimum atomic E-state index is -3.85. The van der Waals surface area contributed by atoms with Crippen molar-refractivity contribution in [2.45, 2.75) is 44.2 Å². The van der Waals surface area contributed by atoms with Crippen LogP contribution in [-0.4, -0.2) is 36.4 Å². The summed E-state index contributed by atoms with van der Waals surface area (Å²) in [6.45, 7) is 3.66. The Morgan fingerprint density at radius 3 is 2.77 bits per heavy atom. The molecule has 9 heteroatoms. The molecule has 1 atom stereocenters. The van der Waals surface area contributed by atoms with E-state index in [4.69, 9.17) is 16.1 Å². The lowest BCUT2D eigenvalue weighted by Gasteiger charge is -2.23. The molecule has 0 radical (unpaired) electrons. The molecule has 1 aromatic carbocycles. The lowest BCUT2D eigenvalue weighted by Crippen LogP contribution is -2.45. The van der Waals surface area contributed by atoms with Crippen molar-refractivity contribution in [3.05, 3.63) is 46.3 Å². The largest absolute Gasteiger partial charge is 0.360 e. The quantitative estimate of drug-likeness (QED) is 0.836. The highest BCUT2D eigenvalue weighted by atomic mass is 35.5. The first kappa shape index (κ1) is 18.9. The Bertz CT molecular complexity index is 906. The van der Waals surface area contributed by atoms with Gasteiger partial charge in [0.2, 0.25) is 15.9 Å². The van der Waals surface area contributed by atoms with Crippen LogP contribution in [0.4, 0.5) is 0 Å². The van der Waals surface area contributed by atoms with E-state index < -0.39 is 16.1 Å². The van der Waals surface area contributed by atoms with Crippen LogP contribution < -0.4 is 5.32 Å². The average molecular weight is 398 g/mol. The Kier molecular flexibility index (Phi) is 5.36. The zero-order chi connectivity index (χ0) is 18.9. The summed E-state index contributed by atoms with van der Waals surface area (Å²) in [5.74, 6) is -0.109. The number of rotatable bonds is 5. The summed E-state index contributed by atoms with van der Waals surface area (Å²) in [6, 6.07) is 6.44. The van der Waals surface area contributed by atoms with E-state index in [1.807, 2.05) is 18.2 Å². The van der Waals surface area contributed by atoms with Crippen molar-refractivity contribution in [3.8, 4) is 0 Å². The number of amides is 1. The van der Waals surface area contributed by atoms with Crippen molar-refractivity contribution in [3.63, 3.8) is 0 Å². The number of nitrogens with zero attached hydrogens (tertiary/aromatic N) is 2. The van der Waals surface area contributed by atoms with E-state index >= 15 is 0 Å². The van der Waals surface area contributed by atoms with Gasteiger partial charge in [-0.1, -0.05) is 35.0 Å². The molecule has 7 nitrogen and oxygen atoms in total. The third-order valence-corrected chi connectivity index (χ3v) is 6.97. The lowest BCUT2D eigenvalue weighted by atomic mass is 10.2. The maximum Gasteiger partial charge on any atom is 0.249 e. The van der Waals surface area contributed by atoms with Gasteiger partial charge in [-0.2, -0.15) is 4.31 Å². The van der Waals surface area contributed by atoms with Gasteiger partial charge in [0.15, 0.2) is 5.76 Å². The number of sulfonamides is 1. The van der Waals surface area contributed by atoms with E-state index in [1.54, 1.807) is 19.9 Å².